The molecule has 98 valence electrons. The molecule has 19 heavy (non-hydrogen) atoms. The molecule has 0 radical (unpaired) electrons. The number of carboxylic acid groups (broad SMARTS) is 1. The van der Waals surface area contributed by atoms with E-state index >= 15 is 0 Å². The molecule has 0 unspecified atom stereocenters. The first-order valence-electron chi connectivity index (χ1n) is 5.53. The quantitative estimate of drug-likeness (QED) is 0.578. The van der Waals surface area contributed by atoms with Crippen LogP contribution in [0.1, 0.15) is 6.42 Å². The standard InChI is InChI=1S/C12H11N3O4/c16-12(17)5-6-14-7-11(13-8-14)9-1-3-10(4-2-9)15(18)19/h1-4,7-8H,5-6H2,(H,16,17)/p-1. The molecule has 2 rings (SSSR count). The molecule has 0 aliphatic rings. The lowest BCUT2D eigenvalue weighted by molar-refractivity contribution is -0.384. The highest BCUT2D eigenvalue weighted by Gasteiger charge is 2.07. The number of nitrogens with zero attached hydrogens (tertiary/aromatic N) is 3. The van der Waals surface area contributed by atoms with Crippen molar-refractivity contribution in [1.29, 1.82) is 0 Å². The highest BCUT2D eigenvalue weighted by molar-refractivity contribution is 5.64. The van der Waals surface area contributed by atoms with Crippen molar-refractivity contribution in [2.75, 3.05) is 0 Å². The minimum Gasteiger partial charge on any atom is -0.550 e. The van der Waals surface area contributed by atoms with Crippen LogP contribution >= 0.6 is 0 Å². The van der Waals surface area contributed by atoms with Crippen LogP contribution in [0, 0.1) is 10.1 Å². The number of aryl methyl sites for hydroxylation is 1. The van der Waals surface area contributed by atoms with Crippen molar-refractivity contribution < 1.29 is 14.8 Å². The number of rotatable bonds is 5. The lowest BCUT2D eigenvalue weighted by Crippen LogP contribution is -2.23. The lowest BCUT2D eigenvalue weighted by atomic mass is 10.1. The molecule has 0 amide bonds. The maximum atomic E-state index is 10.5. The van der Waals surface area contributed by atoms with E-state index in [2.05, 4.69) is 4.98 Å². The van der Waals surface area contributed by atoms with Gasteiger partial charge in [-0.05, 0) is 12.1 Å². The maximum absolute atomic E-state index is 10.5. The Labute approximate surface area is 108 Å². The van der Waals surface area contributed by atoms with Gasteiger partial charge < -0.3 is 14.5 Å². The summed E-state index contributed by atoms with van der Waals surface area (Å²) in [6.45, 7) is 0.280. The van der Waals surface area contributed by atoms with Crippen molar-refractivity contribution in [3.8, 4) is 11.3 Å². The monoisotopic (exact) mass is 260 g/mol. The third kappa shape index (κ3) is 3.15. The second kappa shape index (κ2) is 5.30. The van der Waals surface area contributed by atoms with Gasteiger partial charge in [-0.1, -0.05) is 0 Å². The van der Waals surface area contributed by atoms with Gasteiger partial charge >= 0.3 is 0 Å². The SMILES string of the molecule is O=C([O-])CCn1cnc(-c2ccc([N+](=O)[O-])cc2)c1. The van der Waals surface area contributed by atoms with Crippen molar-refractivity contribution in [3.05, 3.63) is 46.9 Å². The van der Waals surface area contributed by atoms with Gasteiger partial charge in [0.05, 0.1) is 16.9 Å². The number of carboxylic acids is 1. The smallest absolute Gasteiger partial charge is 0.269 e. The van der Waals surface area contributed by atoms with Crippen LogP contribution < -0.4 is 5.11 Å². The zero-order valence-electron chi connectivity index (χ0n) is 9.85. The second-order valence-corrected chi connectivity index (χ2v) is 3.92. The number of hydrogen-bond acceptors (Lipinski definition) is 5. The summed E-state index contributed by atoms with van der Waals surface area (Å²) in [5.74, 6) is -1.12. The molecule has 1 aromatic heterocycles. The van der Waals surface area contributed by atoms with Gasteiger partial charge in [0, 0.05) is 42.8 Å². The van der Waals surface area contributed by atoms with Gasteiger partial charge in [-0.3, -0.25) is 10.1 Å². The highest BCUT2D eigenvalue weighted by Crippen LogP contribution is 2.20. The van der Waals surface area contributed by atoms with E-state index in [-0.39, 0.29) is 18.7 Å². The molecule has 1 aromatic carbocycles. The van der Waals surface area contributed by atoms with Crippen LogP contribution in [0.2, 0.25) is 0 Å². The minimum atomic E-state index is -1.12. The topological polar surface area (TPSA) is 101 Å². The van der Waals surface area contributed by atoms with Gasteiger partial charge in [0.15, 0.2) is 0 Å². The number of aromatic nitrogens is 2. The van der Waals surface area contributed by atoms with Crippen LogP contribution in [-0.4, -0.2) is 20.4 Å². The Bertz CT molecular complexity index is 604. The van der Waals surface area contributed by atoms with E-state index in [1.807, 2.05) is 0 Å². The molecule has 0 saturated heterocycles. The largest absolute Gasteiger partial charge is 0.550 e. The van der Waals surface area contributed by atoms with Crippen LogP contribution in [0.4, 0.5) is 5.69 Å². The van der Waals surface area contributed by atoms with Gasteiger partial charge in [0.2, 0.25) is 0 Å². The zero-order chi connectivity index (χ0) is 13.8. The first-order chi connectivity index (χ1) is 9.06. The summed E-state index contributed by atoms with van der Waals surface area (Å²) in [6.07, 6.45) is 3.11. The van der Waals surface area contributed by atoms with Crippen LogP contribution in [-0.2, 0) is 11.3 Å². The number of nitro groups is 1. The summed E-state index contributed by atoms with van der Waals surface area (Å²) in [5, 5.41) is 20.9. The van der Waals surface area contributed by atoms with Gasteiger partial charge in [-0.15, -0.1) is 0 Å². The van der Waals surface area contributed by atoms with Crippen molar-refractivity contribution in [1.82, 2.24) is 9.55 Å². The van der Waals surface area contributed by atoms with Gasteiger partial charge in [0.1, 0.15) is 0 Å². The number of aliphatic carboxylic acids is 1. The summed E-state index contributed by atoms with van der Waals surface area (Å²) in [5.41, 5.74) is 1.38. The summed E-state index contributed by atoms with van der Waals surface area (Å²) < 4.78 is 1.63. The molecule has 2 aromatic rings. The van der Waals surface area contributed by atoms with Crippen LogP contribution in [0.5, 0.6) is 0 Å². The number of hydrogen-bond donors (Lipinski definition) is 0. The van der Waals surface area contributed by atoms with E-state index in [9.17, 15) is 20.0 Å². The van der Waals surface area contributed by atoms with Crippen LogP contribution in [0.3, 0.4) is 0 Å². The molecule has 0 atom stereocenters. The average molecular weight is 260 g/mol. The number of imidazole rings is 1. The Morgan fingerprint density at radius 1 is 1.32 bits per heavy atom. The Kier molecular flexibility index (Phi) is 3.56. The highest BCUT2D eigenvalue weighted by atomic mass is 16.6. The number of carbonyl (C=O) groups excluding carboxylic acids is 1. The number of non-ortho nitro benzene ring substituents is 1. The van der Waals surface area contributed by atoms with E-state index in [4.69, 9.17) is 0 Å². The fourth-order valence-electron chi connectivity index (χ4n) is 1.61. The van der Waals surface area contributed by atoms with Gasteiger partial charge in [0.25, 0.3) is 5.69 Å². The predicted octanol–water partition coefficient (Wildman–Crippen LogP) is 0.598. The van der Waals surface area contributed by atoms with Crippen LogP contribution in [0.15, 0.2) is 36.8 Å². The third-order valence-electron chi connectivity index (χ3n) is 2.58. The molecule has 7 heteroatoms. The van der Waals surface area contributed by atoms with Crippen LogP contribution in [0.25, 0.3) is 11.3 Å². The van der Waals surface area contributed by atoms with E-state index in [1.165, 1.54) is 18.5 Å². The normalized spacial score (nSPS) is 10.3. The average Bonchev–Trinajstić information content (AvgIpc) is 2.85. The molecule has 0 N–H and O–H groups in total. The molecule has 0 fully saturated rings. The zero-order valence-corrected chi connectivity index (χ0v) is 9.85. The third-order valence-corrected chi connectivity index (χ3v) is 2.58. The number of nitro benzene ring substituents is 1. The molecule has 0 aliphatic carbocycles. The molecular formula is C12H10N3O4-. The van der Waals surface area contributed by atoms with Crippen molar-refractivity contribution >= 4 is 11.7 Å². The fraction of sp³-hybridized carbons (Fsp3) is 0.167. The summed E-state index contributed by atoms with van der Waals surface area (Å²) >= 11 is 0. The first kappa shape index (κ1) is 12.7. The molecule has 0 bridgehead atoms. The van der Waals surface area contributed by atoms with E-state index in [0.29, 0.717) is 5.69 Å². The van der Waals surface area contributed by atoms with Crippen molar-refractivity contribution in [3.63, 3.8) is 0 Å². The first-order valence-corrected chi connectivity index (χ1v) is 5.53. The minimum absolute atomic E-state index is 0.0140. The Morgan fingerprint density at radius 3 is 2.58 bits per heavy atom. The molecule has 0 aliphatic heterocycles. The lowest BCUT2D eigenvalue weighted by Gasteiger charge is -2.02. The molecule has 0 spiro atoms. The Hall–Kier alpha value is -2.70. The summed E-state index contributed by atoms with van der Waals surface area (Å²) in [7, 11) is 0. The predicted molar refractivity (Wildman–Crippen MR) is 63.9 cm³/mol. The Balaban J connectivity index is 2.13. The van der Waals surface area contributed by atoms with Gasteiger partial charge in [-0.2, -0.15) is 0 Å². The fourth-order valence-corrected chi connectivity index (χ4v) is 1.61. The number of carbonyl (C=O) groups is 1. The maximum Gasteiger partial charge on any atom is 0.269 e. The van der Waals surface area contributed by atoms with Crippen molar-refractivity contribution in [2.24, 2.45) is 0 Å². The van der Waals surface area contributed by atoms with Crippen molar-refractivity contribution in [2.45, 2.75) is 13.0 Å². The summed E-state index contributed by atoms with van der Waals surface area (Å²) in [6, 6.07) is 6.00. The van der Waals surface area contributed by atoms with Gasteiger partial charge in [-0.25, -0.2) is 4.98 Å². The second-order valence-electron chi connectivity index (χ2n) is 3.92. The van der Waals surface area contributed by atoms with E-state index < -0.39 is 10.9 Å². The van der Waals surface area contributed by atoms with E-state index in [1.54, 1.807) is 22.9 Å². The molecular weight excluding hydrogens is 250 g/mol. The summed E-state index contributed by atoms with van der Waals surface area (Å²) in [4.78, 5) is 24.5. The molecule has 1 heterocycles. The number of benzene rings is 1. The van der Waals surface area contributed by atoms with E-state index in [0.717, 1.165) is 5.56 Å². The Morgan fingerprint density at radius 2 is 2.00 bits per heavy atom. The molecule has 7 nitrogen and oxygen atoms in total. The molecule has 0 saturated carbocycles.